The van der Waals surface area contributed by atoms with Crippen molar-refractivity contribution in [1.82, 2.24) is 5.43 Å². The van der Waals surface area contributed by atoms with Crippen LogP contribution in [0.2, 0.25) is 0 Å². The maximum atomic E-state index is 13.9. The lowest BCUT2D eigenvalue weighted by Crippen LogP contribution is -2.33. The Morgan fingerprint density at radius 3 is 2.14 bits per heavy atom. The number of methoxy groups -OCH3 is 2. The molecule has 0 atom stereocenters. The molecule has 0 bridgehead atoms. The van der Waals surface area contributed by atoms with Gasteiger partial charge in [-0.05, 0) is 71.8 Å². The molecule has 0 radical (unpaired) electrons. The van der Waals surface area contributed by atoms with Crippen molar-refractivity contribution in [3.05, 3.63) is 120 Å². The molecule has 0 spiro atoms. The van der Waals surface area contributed by atoms with Crippen molar-refractivity contribution in [1.29, 1.82) is 0 Å². The first kappa shape index (κ1) is 29.8. The van der Waals surface area contributed by atoms with E-state index in [0.29, 0.717) is 17.1 Å². The van der Waals surface area contributed by atoms with Gasteiger partial charge in [0.25, 0.3) is 15.9 Å². The number of rotatable bonds is 12. The molecule has 0 saturated heterocycles. The van der Waals surface area contributed by atoms with Gasteiger partial charge in [-0.1, -0.05) is 42.5 Å². The summed E-state index contributed by atoms with van der Waals surface area (Å²) in [6.45, 7) is -0.220. The minimum Gasteiger partial charge on any atom is -0.497 e. The molecule has 1 amide bonds. The standard InChI is InChI=1S/C31H29N3O7S/c1-39-25-16-18-27(19-17-25)42(37,38)34(21-24-8-4-3-5-9-24)29-11-7-6-10-28(29)31(36)33-32-20-23-12-14-26(15-13-23)41-22-30(35)40-2/h3-20H,21-22H2,1-2H3,(H,33,36)/b32-20-. The van der Waals surface area contributed by atoms with Gasteiger partial charge in [-0.2, -0.15) is 5.10 Å². The summed E-state index contributed by atoms with van der Waals surface area (Å²) >= 11 is 0. The van der Waals surface area contributed by atoms with Gasteiger partial charge in [-0.15, -0.1) is 0 Å². The van der Waals surface area contributed by atoms with Gasteiger partial charge in [0.15, 0.2) is 6.61 Å². The highest BCUT2D eigenvalue weighted by atomic mass is 32.2. The number of ether oxygens (including phenoxy) is 3. The van der Waals surface area contributed by atoms with Crippen molar-refractivity contribution in [3.8, 4) is 11.5 Å². The van der Waals surface area contributed by atoms with Gasteiger partial charge in [0.2, 0.25) is 0 Å². The molecule has 4 aromatic rings. The lowest BCUT2D eigenvalue weighted by molar-refractivity contribution is -0.142. The quantitative estimate of drug-likeness (QED) is 0.148. The van der Waals surface area contributed by atoms with Crippen LogP contribution in [0.4, 0.5) is 5.69 Å². The Morgan fingerprint density at radius 2 is 1.48 bits per heavy atom. The molecular weight excluding hydrogens is 558 g/mol. The molecule has 42 heavy (non-hydrogen) atoms. The Morgan fingerprint density at radius 1 is 0.833 bits per heavy atom. The number of amides is 1. The van der Waals surface area contributed by atoms with Crippen molar-refractivity contribution in [2.45, 2.75) is 11.4 Å². The number of hydrogen-bond donors (Lipinski definition) is 1. The maximum Gasteiger partial charge on any atom is 0.343 e. The average Bonchev–Trinajstić information content (AvgIpc) is 3.03. The summed E-state index contributed by atoms with van der Waals surface area (Å²) in [5.41, 5.74) is 4.18. The molecule has 1 N–H and O–H groups in total. The van der Waals surface area contributed by atoms with Gasteiger partial charge in [-0.3, -0.25) is 9.10 Å². The second-order valence-electron chi connectivity index (χ2n) is 8.82. The van der Waals surface area contributed by atoms with Crippen LogP contribution in [-0.2, 0) is 26.1 Å². The van der Waals surface area contributed by atoms with E-state index in [2.05, 4.69) is 15.3 Å². The first-order valence-corrected chi connectivity index (χ1v) is 14.2. The highest BCUT2D eigenvalue weighted by Gasteiger charge is 2.28. The Balaban J connectivity index is 1.58. The molecule has 0 fully saturated rings. The maximum absolute atomic E-state index is 13.9. The van der Waals surface area contributed by atoms with Gasteiger partial charge in [0.1, 0.15) is 11.5 Å². The summed E-state index contributed by atoms with van der Waals surface area (Å²) in [4.78, 5) is 24.5. The number of benzene rings is 4. The summed E-state index contributed by atoms with van der Waals surface area (Å²) in [7, 11) is -1.32. The third-order valence-electron chi connectivity index (χ3n) is 6.08. The summed E-state index contributed by atoms with van der Waals surface area (Å²) in [5, 5.41) is 4.04. The monoisotopic (exact) mass is 587 g/mol. The summed E-state index contributed by atoms with van der Waals surface area (Å²) < 4.78 is 44.1. The Labute approximate surface area is 244 Å². The Bertz CT molecular complexity index is 1640. The Hall–Kier alpha value is -5.16. The van der Waals surface area contributed by atoms with Crippen LogP contribution in [0, 0.1) is 0 Å². The van der Waals surface area contributed by atoms with Gasteiger partial charge in [0.05, 0.1) is 43.1 Å². The lowest BCUT2D eigenvalue weighted by Gasteiger charge is -2.26. The molecule has 0 unspecified atom stereocenters. The van der Waals surface area contributed by atoms with E-state index in [-0.39, 0.29) is 29.3 Å². The van der Waals surface area contributed by atoms with Crippen molar-refractivity contribution < 1.29 is 32.2 Å². The molecule has 216 valence electrons. The van der Waals surface area contributed by atoms with Crippen LogP contribution < -0.4 is 19.2 Å². The van der Waals surface area contributed by atoms with Crippen LogP contribution in [0.15, 0.2) is 113 Å². The topological polar surface area (TPSA) is 124 Å². The lowest BCUT2D eigenvalue weighted by atomic mass is 10.1. The molecule has 0 aliphatic carbocycles. The minimum atomic E-state index is -4.09. The van der Waals surface area contributed by atoms with E-state index < -0.39 is 21.9 Å². The fraction of sp³-hybridized carbons (Fsp3) is 0.129. The van der Waals surface area contributed by atoms with Crippen molar-refractivity contribution in [2.24, 2.45) is 5.10 Å². The van der Waals surface area contributed by atoms with Crippen molar-refractivity contribution in [3.63, 3.8) is 0 Å². The summed E-state index contributed by atoms with van der Waals surface area (Å²) in [6.07, 6.45) is 1.43. The van der Waals surface area contributed by atoms with Crippen LogP contribution in [0.1, 0.15) is 21.5 Å². The molecule has 0 aromatic heterocycles. The largest absolute Gasteiger partial charge is 0.497 e. The predicted molar refractivity (Wildman–Crippen MR) is 158 cm³/mol. The smallest absolute Gasteiger partial charge is 0.343 e. The molecule has 0 heterocycles. The second kappa shape index (κ2) is 14.0. The molecule has 11 heteroatoms. The average molecular weight is 588 g/mol. The molecule has 10 nitrogen and oxygen atoms in total. The van der Waals surface area contributed by atoms with Crippen LogP contribution in [0.25, 0.3) is 0 Å². The van der Waals surface area contributed by atoms with Gasteiger partial charge in [0, 0.05) is 0 Å². The first-order chi connectivity index (χ1) is 20.3. The molecule has 4 aromatic carbocycles. The van der Waals surface area contributed by atoms with E-state index in [1.807, 2.05) is 30.3 Å². The second-order valence-corrected chi connectivity index (χ2v) is 10.7. The Kier molecular flexibility index (Phi) is 9.90. The minimum absolute atomic E-state index is 0.00678. The number of nitrogens with zero attached hydrogens (tertiary/aromatic N) is 2. The molecule has 4 rings (SSSR count). The predicted octanol–water partition coefficient (Wildman–Crippen LogP) is 4.41. The van der Waals surface area contributed by atoms with E-state index in [4.69, 9.17) is 9.47 Å². The highest BCUT2D eigenvalue weighted by molar-refractivity contribution is 7.92. The first-order valence-electron chi connectivity index (χ1n) is 12.7. The van der Waals surface area contributed by atoms with Crippen LogP contribution >= 0.6 is 0 Å². The van der Waals surface area contributed by atoms with Crippen LogP contribution in [0.5, 0.6) is 11.5 Å². The fourth-order valence-electron chi connectivity index (χ4n) is 3.88. The zero-order valence-corrected chi connectivity index (χ0v) is 23.8. The zero-order valence-electron chi connectivity index (χ0n) is 23.0. The summed E-state index contributed by atoms with van der Waals surface area (Å²) in [5.74, 6) is -0.109. The zero-order chi connectivity index (χ0) is 30.0. The van der Waals surface area contributed by atoms with Crippen molar-refractivity contribution >= 4 is 33.8 Å². The number of hydrogen-bond acceptors (Lipinski definition) is 8. The van der Waals surface area contributed by atoms with E-state index in [1.54, 1.807) is 54.6 Å². The van der Waals surface area contributed by atoms with Gasteiger partial charge in [-0.25, -0.2) is 18.6 Å². The summed E-state index contributed by atoms with van der Waals surface area (Å²) in [6, 6.07) is 28.3. The van der Waals surface area contributed by atoms with Crippen LogP contribution in [0.3, 0.4) is 0 Å². The number of esters is 1. The third-order valence-corrected chi connectivity index (χ3v) is 7.85. The number of para-hydroxylation sites is 1. The number of sulfonamides is 1. The van der Waals surface area contributed by atoms with E-state index in [0.717, 1.165) is 5.56 Å². The van der Waals surface area contributed by atoms with E-state index >= 15 is 0 Å². The SMILES string of the molecule is COC(=O)COc1ccc(/C=N\NC(=O)c2ccccc2N(Cc2ccccc2)S(=O)(=O)c2ccc(OC)cc2)cc1. The highest BCUT2D eigenvalue weighted by Crippen LogP contribution is 2.30. The van der Waals surface area contributed by atoms with Gasteiger partial charge < -0.3 is 14.2 Å². The number of hydrazone groups is 1. The third kappa shape index (κ3) is 7.52. The van der Waals surface area contributed by atoms with E-state index in [9.17, 15) is 18.0 Å². The normalized spacial score (nSPS) is 11.1. The number of carbonyl (C=O) groups is 2. The molecule has 0 saturated carbocycles. The van der Waals surface area contributed by atoms with E-state index in [1.165, 1.54) is 42.9 Å². The van der Waals surface area contributed by atoms with Crippen LogP contribution in [-0.4, -0.2) is 47.3 Å². The molecule has 0 aliphatic heterocycles. The number of anilines is 1. The molecular formula is C31H29N3O7S. The fourth-order valence-corrected chi connectivity index (χ4v) is 5.36. The number of nitrogens with one attached hydrogen (secondary N) is 1. The number of carbonyl (C=O) groups excluding carboxylic acids is 2. The molecule has 0 aliphatic rings. The van der Waals surface area contributed by atoms with Gasteiger partial charge >= 0.3 is 5.97 Å². The van der Waals surface area contributed by atoms with Crippen molar-refractivity contribution in [2.75, 3.05) is 25.1 Å².